The molecule has 3 aromatic rings. The van der Waals surface area contributed by atoms with E-state index in [2.05, 4.69) is 15.3 Å². The molecule has 0 unspecified atom stereocenters. The lowest BCUT2D eigenvalue weighted by Crippen LogP contribution is -2.13. The number of hydrogen-bond donors (Lipinski definition) is 2. The molecule has 1 aromatic carbocycles. The van der Waals surface area contributed by atoms with Crippen molar-refractivity contribution in [2.75, 3.05) is 0 Å². The van der Waals surface area contributed by atoms with Crippen LogP contribution in [0.2, 0.25) is 0 Å². The first-order valence-electron chi connectivity index (χ1n) is 6.35. The fourth-order valence-corrected chi connectivity index (χ4v) is 1.94. The molecule has 0 amide bonds. The third-order valence-corrected chi connectivity index (χ3v) is 2.94. The van der Waals surface area contributed by atoms with Gasteiger partial charge < -0.3 is 14.7 Å². The average Bonchev–Trinajstić information content (AvgIpc) is 3.11. The van der Waals surface area contributed by atoms with Crippen molar-refractivity contribution in [2.45, 2.75) is 13.1 Å². The van der Waals surface area contributed by atoms with Crippen LogP contribution in [0.15, 0.2) is 53.2 Å². The van der Waals surface area contributed by atoms with Crippen LogP contribution < -0.4 is 5.32 Å². The molecule has 0 spiro atoms. The number of nitrogens with one attached hydrogen (secondary N) is 2. The number of halogens is 1. The van der Waals surface area contributed by atoms with Gasteiger partial charge in [-0.15, -0.1) is 0 Å². The molecule has 0 saturated carbocycles. The molecule has 0 aliphatic rings. The van der Waals surface area contributed by atoms with E-state index in [0.29, 0.717) is 13.1 Å². The molecule has 102 valence electrons. The van der Waals surface area contributed by atoms with Gasteiger partial charge in [0, 0.05) is 18.0 Å². The second kappa shape index (κ2) is 5.71. The van der Waals surface area contributed by atoms with E-state index in [0.717, 1.165) is 22.9 Å². The van der Waals surface area contributed by atoms with Gasteiger partial charge in [0.25, 0.3) is 0 Å². The van der Waals surface area contributed by atoms with Crippen molar-refractivity contribution < 1.29 is 8.81 Å². The molecule has 0 aliphatic heterocycles. The lowest BCUT2D eigenvalue weighted by Gasteiger charge is -2.00. The maximum atomic E-state index is 12.9. The summed E-state index contributed by atoms with van der Waals surface area (Å²) in [6, 6.07) is 10.0. The minimum Gasteiger partial charge on any atom is -0.460 e. The fourth-order valence-electron chi connectivity index (χ4n) is 1.94. The van der Waals surface area contributed by atoms with Crippen molar-refractivity contribution in [1.29, 1.82) is 0 Å². The van der Waals surface area contributed by atoms with Gasteiger partial charge >= 0.3 is 0 Å². The molecule has 4 nitrogen and oxygen atoms in total. The number of nitrogens with zero attached hydrogens (tertiary/aromatic N) is 1. The molecule has 0 atom stereocenters. The maximum absolute atomic E-state index is 12.9. The Morgan fingerprint density at radius 3 is 2.70 bits per heavy atom. The number of furan rings is 1. The number of aromatic amines is 1. The summed E-state index contributed by atoms with van der Waals surface area (Å²) in [5.41, 5.74) is 0.865. The topological polar surface area (TPSA) is 53.9 Å². The van der Waals surface area contributed by atoms with Crippen molar-refractivity contribution in [2.24, 2.45) is 0 Å². The minimum atomic E-state index is -0.249. The Labute approximate surface area is 115 Å². The van der Waals surface area contributed by atoms with Crippen LogP contribution in [0.4, 0.5) is 4.39 Å². The van der Waals surface area contributed by atoms with Crippen LogP contribution in [0.1, 0.15) is 11.6 Å². The first kappa shape index (κ1) is 12.6. The number of aromatic nitrogens is 2. The van der Waals surface area contributed by atoms with Gasteiger partial charge in [-0.25, -0.2) is 9.37 Å². The number of imidazole rings is 1. The summed E-state index contributed by atoms with van der Waals surface area (Å²) in [7, 11) is 0. The van der Waals surface area contributed by atoms with Gasteiger partial charge in [-0.2, -0.15) is 0 Å². The van der Waals surface area contributed by atoms with Gasteiger partial charge in [-0.05, 0) is 36.4 Å². The molecule has 2 aromatic heterocycles. The summed E-state index contributed by atoms with van der Waals surface area (Å²) in [6.07, 6.45) is 3.51. The Kier molecular flexibility index (Phi) is 3.60. The quantitative estimate of drug-likeness (QED) is 0.749. The zero-order chi connectivity index (χ0) is 13.8. The molecule has 0 fully saturated rings. The van der Waals surface area contributed by atoms with Crippen molar-refractivity contribution in [1.82, 2.24) is 15.3 Å². The van der Waals surface area contributed by atoms with Gasteiger partial charge in [-0.1, -0.05) is 0 Å². The molecule has 5 heteroatoms. The molecular weight excluding hydrogens is 257 g/mol. The summed E-state index contributed by atoms with van der Waals surface area (Å²) in [4.78, 5) is 7.14. The van der Waals surface area contributed by atoms with Crippen LogP contribution >= 0.6 is 0 Å². The highest BCUT2D eigenvalue weighted by Crippen LogP contribution is 2.22. The molecular formula is C15H14FN3O. The van der Waals surface area contributed by atoms with Crippen LogP contribution in [0, 0.1) is 5.82 Å². The van der Waals surface area contributed by atoms with Gasteiger partial charge in [-0.3, -0.25) is 0 Å². The van der Waals surface area contributed by atoms with E-state index in [1.165, 1.54) is 12.1 Å². The van der Waals surface area contributed by atoms with Crippen molar-refractivity contribution in [3.8, 4) is 11.3 Å². The van der Waals surface area contributed by atoms with E-state index < -0.39 is 0 Å². The fraction of sp³-hybridized carbons (Fsp3) is 0.133. The Bertz CT molecular complexity index is 659. The van der Waals surface area contributed by atoms with E-state index in [1.54, 1.807) is 24.5 Å². The van der Waals surface area contributed by atoms with Crippen LogP contribution in [0.25, 0.3) is 11.3 Å². The Balaban J connectivity index is 1.60. The Morgan fingerprint density at radius 2 is 1.95 bits per heavy atom. The summed E-state index contributed by atoms with van der Waals surface area (Å²) < 4.78 is 18.6. The first-order chi connectivity index (χ1) is 9.81. The zero-order valence-electron chi connectivity index (χ0n) is 10.8. The molecule has 20 heavy (non-hydrogen) atoms. The number of hydrogen-bond acceptors (Lipinski definition) is 3. The van der Waals surface area contributed by atoms with Gasteiger partial charge in [0.05, 0.1) is 13.1 Å². The highest BCUT2D eigenvalue weighted by atomic mass is 19.1. The summed E-state index contributed by atoms with van der Waals surface area (Å²) in [5, 5.41) is 3.23. The Hall–Kier alpha value is -2.40. The predicted molar refractivity (Wildman–Crippen MR) is 73.2 cm³/mol. The minimum absolute atomic E-state index is 0.249. The lowest BCUT2D eigenvalue weighted by molar-refractivity contribution is 0.491. The van der Waals surface area contributed by atoms with Crippen molar-refractivity contribution in [3.05, 3.63) is 66.2 Å². The molecule has 2 N–H and O–H groups in total. The van der Waals surface area contributed by atoms with Crippen LogP contribution in [-0.2, 0) is 13.1 Å². The Morgan fingerprint density at radius 1 is 1.10 bits per heavy atom. The average molecular weight is 271 g/mol. The monoisotopic (exact) mass is 271 g/mol. The largest absolute Gasteiger partial charge is 0.460 e. The van der Waals surface area contributed by atoms with Crippen LogP contribution in [-0.4, -0.2) is 9.97 Å². The molecule has 3 rings (SSSR count). The SMILES string of the molecule is Fc1ccc(-c2ccc(CNCc3ncc[nH]3)o2)cc1. The van der Waals surface area contributed by atoms with Gasteiger partial charge in [0.1, 0.15) is 23.2 Å². The second-order valence-electron chi connectivity index (χ2n) is 4.41. The first-order valence-corrected chi connectivity index (χ1v) is 6.35. The number of benzene rings is 1. The third kappa shape index (κ3) is 2.95. The van der Waals surface area contributed by atoms with Gasteiger partial charge in [0.15, 0.2) is 0 Å². The van der Waals surface area contributed by atoms with Crippen LogP contribution in [0.3, 0.4) is 0 Å². The highest BCUT2D eigenvalue weighted by molar-refractivity contribution is 5.57. The van der Waals surface area contributed by atoms with E-state index in [4.69, 9.17) is 4.42 Å². The third-order valence-electron chi connectivity index (χ3n) is 2.94. The summed E-state index contributed by atoms with van der Waals surface area (Å²) in [6.45, 7) is 1.27. The summed E-state index contributed by atoms with van der Waals surface area (Å²) in [5.74, 6) is 2.20. The second-order valence-corrected chi connectivity index (χ2v) is 4.41. The molecule has 0 aliphatic carbocycles. The number of H-pyrrole nitrogens is 1. The molecule has 0 radical (unpaired) electrons. The van der Waals surface area contributed by atoms with Crippen molar-refractivity contribution >= 4 is 0 Å². The van der Waals surface area contributed by atoms with Gasteiger partial charge in [0.2, 0.25) is 0 Å². The zero-order valence-corrected chi connectivity index (χ0v) is 10.8. The van der Waals surface area contributed by atoms with E-state index in [-0.39, 0.29) is 5.82 Å². The van der Waals surface area contributed by atoms with E-state index in [1.807, 2.05) is 12.1 Å². The maximum Gasteiger partial charge on any atom is 0.134 e. The van der Waals surface area contributed by atoms with E-state index in [9.17, 15) is 4.39 Å². The molecule has 0 bridgehead atoms. The standard InChI is InChI=1S/C15H14FN3O/c16-12-3-1-11(2-4-12)14-6-5-13(20-14)9-17-10-15-18-7-8-19-15/h1-8,17H,9-10H2,(H,18,19). The smallest absolute Gasteiger partial charge is 0.134 e. The predicted octanol–water partition coefficient (Wildman–Crippen LogP) is 3.10. The normalized spacial score (nSPS) is 10.8. The van der Waals surface area contributed by atoms with Crippen molar-refractivity contribution in [3.63, 3.8) is 0 Å². The summed E-state index contributed by atoms with van der Waals surface area (Å²) >= 11 is 0. The van der Waals surface area contributed by atoms with Crippen LogP contribution in [0.5, 0.6) is 0 Å². The lowest BCUT2D eigenvalue weighted by atomic mass is 10.2. The molecule has 0 saturated heterocycles. The number of rotatable bonds is 5. The molecule has 2 heterocycles. The highest BCUT2D eigenvalue weighted by Gasteiger charge is 2.05. The van der Waals surface area contributed by atoms with E-state index >= 15 is 0 Å².